The Bertz CT molecular complexity index is 195. The van der Waals surface area contributed by atoms with Crippen molar-refractivity contribution in [2.24, 2.45) is 0 Å². The first-order chi connectivity index (χ1) is 6.99. The fourth-order valence-electron chi connectivity index (χ4n) is 2.75. The highest BCUT2D eigenvalue weighted by atomic mass is 15.3. The molecule has 0 bridgehead atoms. The van der Waals surface area contributed by atoms with Gasteiger partial charge in [-0.05, 0) is 39.7 Å². The van der Waals surface area contributed by atoms with Gasteiger partial charge >= 0.3 is 0 Å². The fourth-order valence-corrected chi connectivity index (χ4v) is 2.75. The Balaban J connectivity index is 2.79. The minimum atomic E-state index is 0.281. The molecule has 0 saturated carbocycles. The van der Waals surface area contributed by atoms with E-state index in [1.807, 2.05) is 0 Å². The van der Waals surface area contributed by atoms with Crippen LogP contribution in [0.15, 0.2) is 0 Å². The van der Waals surface area contributed by atoms with Crippen LogP contribution in [0.25, 0.3) is 0 Å². The van der Waals surface area contributed by atoms with E-state index in [0.29, 0.717) is 5.54 Å². The van der Waals surface area contributed by atoms with Gasteiger partial charge in [-0.1, -0.05) is 20.8 Å². The zero-order valence-corrected chi connectivity index (χ0v) is 11.2. The summed E-state index contributed by atoms with van der Waals surface area (Å²) in [6.07, 6.45) is 3.77. The average molecular weight is 212 g/mol. The van der Waals surface area contributed by atoms with Gasteiger partial charge in [0.15, 0.2) is 0 Å². The number of nitrogens with one attached hydrogen (secondary N) is 1. The van der Waals surface area contributed by atoms with Crippen LogP contribution in [0.5, 0.6) is 0 Å². The van der Waals surface area contributed by atoms with Crippen LogP contribution in [-0.4, -0.2) is 35.6 Å². The summed E-state index contributed by atoms with van der Waals surface area (Å²) in [6.45, 7) is 15.1. The van der Waals surface area contributed by atoms with Gasteiger partial charge < -0.3 is 5.32 Å². The zero-order chi connectivity index (χ0) is 11.5. The lowest BCUT2D eigenvalue weighted by Crippen LogP contribution is -2.67. The highest BCUT2D eigenvalue weighted by molar-refractivity contribution is 5.00. The lowest BCUT2D eigenvalue weighted by Gasteiger charge is -2.52. The molecule has 1 heterocycles. The lowest BCUT2D eigenvalue weighted by atomic mass is 9.84. The molecule has 1 saturated heterocycles. The van der Waals surface area contributed by atoms with Crippen LogP contribution in [-0.2, 0) is 0 Å². The summed E-state index contributed by atoms with van der Waals surface area (Å²) < 4.78 is 0. The molecule has 0 aromatic heterocycles. The summed E-state index contributed by atoms with van der Waals surface area (Å²) in [5, 5.41) is 3.70. The van der Waals surface area contributed by atoms with Crippen LogP contribution < -0.4 is 5.32 Å². The van der Waals surface area contributed by atoms with Crippen LogP contribution in [0, 0.1) is 0 Å². The maximum atomic E-state index is 3.70. The number of rotatable bonds is 4. The van der Waals surface area contributed by atoms with Crippen molar-refractivity contribution in [3.05, 3.63) is 0 Å². The Morgan fingerprint density at radius 3 is 2.20 bits per heavy atom. The number of hydrogen-bond acceptors (Lipinski definition) is 2. The maximum Gasteiger partial charge on any atom is 0.0329 e. The van der Waals surface area contributed by atoms with Crippen LogP contribution >= 0.6 is 0 Å². The van der Waals surface area contributed by atoms with Gasteiger partial charge in [0.05, 0.1) is 0 Å². The third-order valence-corrected chi connectivity index (χ3v) is 3.96. The Hall–Kier alpha value is -0.0800. The summed E-state index contributed by atoms with van der Waals surface area (Å²) in [4.78, 5) is 2.71. The van der Waals surface area contributed by atoms with Crippen molar-refractivity contribution in [1.29, 1.82) is 0 Å². The standard InChI is InChI=1S/C13H28N2/c1-6-9-15-11-12(4,5)14-10-13(15,7-2)8-3/h14H,6-11H2,1-5H3. The van der Waals surface area contributed by atoms with Gasteiger partial charge in [0.25, 0.3) is 0 Å². The van der Waals surface area contributed by atoms with Crippen molar-refractivity contribution in [1.82, 2.24) is 10.2 Å². The third kappa shape index (κ3) is 2.73. The van der Waals surface area contributed by atoms with Crippen LogP contribution in [0.4, 0.5) is 0 Å². The predicted octanol–water partition coefficient (Wildman–Crippen LogP) is 2.64. The van der Waals surface area contributed by atoms with Gasteiger partial charge in [-0.2, -0.15) is 0 Å². The van der Waals surface area contributed by atoms with Crippen molar-refractivity contribution >= 4 is 0 Å². The molecule has 0 radical (unpaired) electrons. The molecule has 0 atom stereocenters. The highest BCUT2D eigenvalue weighted by Crippen LogP contribution is 2.29. The molecule has 0 unspecified atom stereocenters. The van der Waals surface area contributed by atoms with E-state index in [4.69, 9.17) is 0 Å². The summed E-state index contributed by atoms with van der Waals surface area (Å²) in [6, 6.07) is 0. The van der Waals surface area contributed by atoms with E-state index in [1.54, 1.807) is 0 Å². The van der Waals surface area contributed by atoms with Gasteiger partial charge in [0.2, 0.25) is 0 Å². The summed E-state index contributed by atoms with van der Waals surface area (Å²) >= 11 is 0. The molecule has 0 aromatic carbocycles. The summed E-state index contributed by atoms with van der Waals surface area (Å²) in [5.74, 6) is 0. The van der Waals surface area contributed by atoms with Crippen molar-refractivity contribution in [2.45, 2.75) is 65.0 Å². The van der Waals surface area contributed by atoms with E-state index < -0.39 is 0 Å². The lowest BCUT2D eigenvalue weighted by molar-refractivity contribution is 0.00915. The van der Waals surface area contributed by atoms with Crippen LogP contribution in [0.2, 0.25) is 0 Å². The smallest absolute Gasteiger partial charge is 0.0329 e. The molecule has 15 heavy (non-hydrogen) atoms. The van der Waals surface area contributed by atoms with Crippen molar-refractivity contribution in [3.63, 3.8) is 0 Å². The van der Waals surface area contributed by atoms with Crippen molar-refractivity contribution < 1.29 is 0 Å². The van der Waals surface area contributed by atoms with E-state index in [2.05, 4.69) is 44.8 Å². The fraction of sp³-hybridized carbons (Fsp3) is 1.00. The first kappa shape index (κ1) is 13.0. The minimum Gasteiger partial charge on any atom is -0.309 e. The first-order valence-corrected chi connectivity index (χ1v) is 6.50. The molecule has 2 heteroatoms. The Morgan fingerprint density at radius 1 is 1.13 bits per heavy atom. The van der Waals surface area contributed by atoms with Crippen molar-refractivity contribution in [2.75, 3.05) is 19.6 Å². The Kier molecular flexibility index (Phi) is 4.19. The van der Waals surface area contributed by atoms with Gasteiger partial charge in [-0.25, -0.2) is 0 Å². The first-order valence-electron chi connectivity index (χ1n) is 6.50. The van der Waals surface area contributed by atoms with E-state index >= 15 is 0 Å². The molecule has 0 aromatic rings. The average Bonchev–Trinajstić information content (AvgIpc) is 2.19. The van der Waals surface area contributed by atoms with Gasteiger partial charge in [0.1, 0.15) is 0 Å². The zero-order valence-electron chi connectivity index (χ0n) is 11.2. The van der Waals surface area contributed by atoms with Gasteiger partial charge in [0, 0.05) is 24.2 Å². The molecule has 0 aliphatic carbocycles. The summed E-state index contributed by atoms with van der Waals surface area (Å²) in [5.41, 5.74) is 0.689. The molecule has 1 rings (SSSR count). The monoisotopic (exact) mass is 212 g/mol. The molecular formula is C13H28N2. The van der Waals surface area contributed by atoms with E-state index in [0.717, 1.165) is 6.54 Å². The predicted molar refractivity (Wildman–Crippen MR) is 67.3 cm³/mol. The number of piperazine rings is 1. The minimum absolute atomic E-state index is 0.281. The van der Waals surface area contributed by atoms with Gasteiger partial charge in [-0.15, -0.1) is 0 Å². The van der Waals surface area contributed by atoms with E-state index in [1.165, 1.54) is 32.4 Å². The van der Waals surface area contributed by atoms with Crippen molar-refractivity contribution in [3.8, 4) is 0 Å². The largest absolute Gasteiger partial charge is 0.309 e. The normalized spacial score (nSPS) is 25.4. The second kappa shape index (κ2) is 4.84. The molecule has 1 aliphatic heterocycles. The molecule has 90 valence electrons. The molecule has 2 nitrogen and oxygen atoms in total. The number of nitrogens with zero attached hydrogens (tertiary/aromatic N) is 1. The number of hydrogen-bond donors (Lipinski definition) is 1. The van der Waals surface area contributed by atoms with E-state index in [-0.39, 0.29) is 5.54 Å². The molecule has 0 amide bonds. The van der Waals surface area contributed by atoms with E-state index in [9.17, 15) is 0 Å². The highest BCUT2D eigenvalue weighted by Gasteiger charge is 2.40. The van der Waals surface area contributed by atoms with Crippen LogP contribution in [0.3, 0.4) is 0 Å². The second-order valence-corrected chi connectivity index (χ2v) is 5.59. The summed E-state index contributed by atoms with van der Waals surface area (Å²) in [7, 11) is 0. The molecule has 0 spiro atoms. The van der Waals surface area contributed by atoms with Gasteiger partial charge in [-0.3, -0.25) is 4.90 Å². The molecule has 1 fully saturated rings. The molecular weight excluding hydrogens is 184 g/mol. The molecule has 1 N–H and O–H groups in total. The third-order valence-electron chi connectivity index (χ3n) is 3.96. The SMILES string of the molecule is CCCN1CC(C)(C)NCC1(CC)CC. The Labute approximate surface area is 95.4 Å². The molecule has 1 aliphatic rings. The second-order valence-electron chi connectivity index (χ2n) is 5.59. The maximum absolute atomic E-state index is 3.70. The quantitative estimate of drug-likeness (QED) is 0.770. The Morgan fingerprint density at radius 2 is 1.73 bits per heavy atom. The topological polar surface area (TPSA) is 15.3 Å². The van der Waals surface area contributed by atoms with Crippen LogP contribution in [0.1, 0.15) is 53.9 Å².